The Morgan fingerprint density at radius 3 is 2.69 bits per heavy atom. The van der Waals surface area contributed by atoms with Crippen LogP contribution in [0.3, 0.4) is 0 Å². The maximum absolute atomic E-state index is 13.3. The first-order valence-corrected chi connectivity index (χ1v) is 9.78. The fourth-order valence-corrected chi connectivity index (χ4v) is 4.08. The molecule has 0 saturated carbocycles. The number of aromatic nitrogens is 2. The minimum absolute atomic E-state index is 0.00566. The van der Waals surface area contributed by atoms with Crippen LogP contribution in [0.5, 0.6) is 0 Å². The van der Waals surface area contributed by atoms with Crippen LogP contribution in [0.1, 0.15) is 49.6 Å². The van der Waals surface area contributed by atoms with Gasteiger partial charge in [0, 0.05) is 29.8 Å². The Balaban J connectivity index is 2.22. The van der Waals surface area contributed by atoms with Crippen LogP contribution in [-0.2, 0) is 6.54 Å². The summed E-state index contributed by atoms with van der Waals surface area (Å²) in [5.74, 6) is 0.954. The zero-order chi connectivity index (χ0) is 18.8. The lowest BCUT2D eigenvalue weighted by Crippen LogP contribution is -2.26. The summed E-state index contributed by atoms with van der Waals surface area (Å²) in [5, 5.41) is 11.5. The van der Waals surface area contributed by atoms with E-state index in [1.165, 1.54) is 22.5 Å². The number of rotatable bonds is 5. The van der Waals surface area contributed by atoms with Crippen molar-refractivity contribution in [3.8, 4) is 17.2 Å². The molecule has 0 aliphatic carbocycles. The molecule has 1 aromatic carbocycles. The van der Waals surface area contributed by atoms with E-state index in [4.69, 9.17) is 10.2 Å². The average molecular weight is 366 g/mol. The Hall–Kier alpha value is -2.45. The molecule has 0 unspecified atom stereocenters. The van der Waals surface area contributed by atoms with Gasteiger partial charge in [0.1, 0.15) is 10.7 Å². The number of unbranched alkanes of at least 4 members (excludes halogenated alkanes) is 1. The summed E-state index contributed by atoms with van der Waals surface area (Å²) < 4.78 is 1.77. The molecule has 2 aromatic heterocycles. The van der Waals surface area contributed by atoms with Gasteiger partial charge in [0.25, 0.3) is 5.56 Å². The number of hydrogen-bond acceptors (Lipinski definition) is 4. The number of nitriles is 1. The van der Waals surface area contributed by atoms with Crippen LogP contribution in [0.2, 0.25) is 0 Å². The predicted octanol–water partition coefficient (Wildman–Crippen LogP) is 5.17. The maximum atomic E-state index is 13.3. The van der Waals surface area contributed by atoms with Gasteiger partial charge in [-0.1, -0.05) is 32.0 Å². The Morgan fingerprint density at radius 1 is 1.27 bits per heavy atom. The van der Waals surface area contributed by atoms with Gasteiger partial charge in [-0.05, 0) is 37.0 Å². The van der Waals surface area contributed by atoms with Gasteiger partial charge >= 0.3 is 0 Å². The number of fused-ring (bicyclic) bond motifs is 1. The van der Waals surface area contributed by atoms with Crippen molar-refractivity contribution < 1.29 is 0 Å². The molecule has 2 heterocycles. The van der Waals surface area contributed by atoms with Gasteiger partial charge in [-0.25, -0.2) is 4.98 Å². The van der Waals surface area contributed by atoms with Crippen molar-refractivity contribution in [3.63, 3.8) is 0 Å². The molecule has 5 heteroatoms. The zero-order valence-electron chi connectivity index (χ0n) is 15.7. The van der Waals surface area contributed by atoms with Gasteiger partial charge in [-0.15, -0.1) is 11.3 Å². The number of nitrogens with zero attached hydrogens (tertiary/aromatic N) is 3. The molecule has 0 radical (unpaired) electrons. The second-order valence-corrected chi connectivity index (χ2v) is 7.83. The second kappa shape index (κ2) is 7.43. The third-order valence-corrected chi connectivity index (χ3v) is 5.60. The monoisotopic (exact) mass is 365 g/mol. The summed E-state index contributed by atoms with van der Waals surface area (Å²) in [7, 11) is 0. The van der Waals surface area contributed by atoms with E-state index >= 15 is 0 Å². The topological polar surface area (TPSA) is 58.7 Å². The highest BCUT2D eigenvalue weighted by molar-refractivity contribution is 7.17. The summed E-state index contributed by atoms with van der Waals surface area (Å²) in [6.45, 7) is 8.80. The largest absolute Gasteiger partial charge is 0.296 e. The highest BCUT2D eigenvalue weighted by Gasteiger charge is 2.18. The molecule has 0 aliphatic heterocycles. The smallest absolute Gasteiger partial charge is 0.262 e. The van der Waals surface area contributed by atoms with Crippen LogP contribution in [0, 0.1) is 25.2 Å². The third-order valence-electron chi connectivity index (χ3n) is 4.73. The first kappa shape index (κ1) is 18.3. The molecule has 0 aliphatic rings. The van der Waals surface area contributed by atoms with Crippen LogP contribution < -0.4 is 5.56 Å². The molecule has 4 nitrogen and oxygen atoms in total. The van der Waals surface area contributed by atoms with Crippen molar-refractivity contribution in [1.82, 2.24) is 9.55 Å². The van der Waals surface area contributed by atoms with E-state index in [0.717, 1.165) is 21.8 Å². The first-order valence-electron chi connectivity index (χ1n) is 8.90. The van der Waals surface area contributed by atoms with Crippen molar-refractivity contribution in [2.75, 3.05) is 0 Å². The predicted molar refractivity (Wildman–Crippen MR) is 108 cm³/mol. The molecule has 26 heavy (non-hydrogen) atoms. The van der Waals surface area contributed by atoms with E-state index < -0.39 is 0 Å². The van der Waals surface area contributed by atoms with Crippen LogP contribution in [0.4, 0.5) is 0 Å². The Morgan fingerprint density at radius 2 is 2.04 bits per heavy atom. The zero-order valence-corrected chi connectivity index (χ0v) is 16.5. The van der Waals surface area contributed by atoms with E-state index in [9.17, 15) is 4.79 Å². The molecule has 134 valence electrons. The molecule has 3 rings (SSSR count). The van der Waals surface area contributed by atoms with Gasteiger partial charge in [0.15, 0.2) is 0 Å². The van der Waals surface area contributed by atoms with Crippen LogP contribution in [0.25, 0.3) is 21.3 Å². The van der Waals surface area contributed by atoms with Gasteiger partial charge in [-0.3, -0.25) is 9.36 Å². The number of hydrogen-bond donors (Lipinski definition) is 0. The van der Waals surface area contributed by atoms with Gasteiger partial charge < -0.3 is 0 Å². The number of aryl methyl sites for hydroxylation is 2. The van der Waals surface area contributed by atoms with Crippen LogP contribution >= 0.6 is 11.3 Å². The fraction of sp³-hybridized carbons (Fsp3) is 0.381. The standard InChI is InChI=1S/C21H23N3OS/c1-13(2)19-23-20-18(21(25)24(19)10-6-5-9-22)17(12-26-20)16-8-7-14(3)15(4)11-16/h7-8,11-13H,5-6,10H2,1-4H3. The molecular weight excluding hydrogens is 342 g/mol. The molecular formula is C21H23N3OS. The van der Waals surface area contributed by atoms with E-state index in [1.807, 2.05) is 19.2 Å². The van der Waals surface area contributed by atoms with E-state index in [0.29, 0.717) is 24.8 Å². The lowest BCUT2D eigenvalue weighted by Gasteiger charge is -2.15. The molecule has 0 fully saturated rings. The highest BCUT2D eigenvalue weighted by Crippen LogP contribution is 2.32. The minimum Gasteiger partial charge on any atom is -0.296 e. The van der Waals surface area contributed by atoms with Crippen molar-refractivity contribution >= 4 is 21.6 Å². The van der Waals surface area contributed by atoms with E-state index in [-0.39, 0.29) is 11.5 Å². The van der Waals surface area contributed by atoms with Crippen LogP contribution in [-0.4, -0.2) is 9.55 Å². The van der Waals surface area contributed by atoms with E-state index in [1.54, 1.807) is 4.57 Å². The van der Waals surface area contributed by atoms with Gasteiger partial charge in [0.05, 0.1) is 11.5 Å². The lowest BCUT2D eigenvalue weighted by atomic mass is 10.0. The lowest BCUT2D eigenvalue weighted by molar-refractivity contribution is 0.568. The summed E-state index contributed by atoms with van der Waals surface area (Å²) in [5.41, 5.74) is 4.46. The number of thiophene rings is 1. The van der Waals surface area contributed by atoms with Gasteiger partial charge in [0.2, 0.25) is 0 Å². The van der Waals surface area contributed by atoms with Crippen molar-refractivity contribution in [3.05, 3.63) is 50.9 Å². The summed E-state index contributed by atoms with van der Waals surface area (Å²) in [6.07, 6.45) is 1.10. The SMILES string of the molecule is Cc1ccc(-c2csc3nc(C(C)C)n(CCCC#N)c(=O)c23)cc1C. The van der Waals surface area contributed by atoms with E-state index in [2.05, 4.69) is 38.1 Å². The maximum Gasteiger partial charge on any atom is 0.262 e. The molecule has 0 amide bonds. The molecule has 0 N–H and O–H groups in total. The molecule has 0 spiro atoms. The number of benzene rings is 1. The fourth-order valence-electron chi connectivity index (χ4n) is 3.13. The Kier molecular flexibility index (Phi) is 5.24. The minimum atomic E-state index is 0.00566. The summed E-state index contributed by atoms with van der Waals surface area (Å²) >= 11 is 1.52. The normalized spacial score (nSPS) is 11.2. The Labute approximate surface area is 157 Å². The molecule has 0 saturated heterocycles. The molecule has 3 aromatic rings. The van der Waals surface area contributed by atoms with Crippen molar-refractivity contribution in [2.45, 2.75) is 53.0 Å². The second-order valence-electron chi connectivity index (χ2n) is 6.97. The van der Waals surface area contributed by atoms with Crippen LogP contribution in [0.15, 0.2) is 28.4 Å². The van der Waals surface area contributed by atoms with Gasteiger partial charge in [-0.2, -0.15) is 5.26 Å². The highest BCUT2D eigenvalue weighted by atomic mass is 32.1. The summed E-state index contributed by atoms with van der Waals surface area (Å²) in [6, 6.07) is 8.45. The Bertz CT molecular complexity index is 1050. The average Bonchev–Trinajstić information content (AvgIpc) is 3.03. The first-order chi connectivity index (χ1) is 12.4. The van der Waals surface area contributed by atoms with Crippen molar-refractivity contribution in [1.29, 1.82) is 5.26 Å². The molecule has 0 bridgehead atoms. The summed E-state index contributed by atoms with van der Waals surface area (Å²) in [4.78, 5) is 18.9. The molecule has 0 atom stereocenters. The quantitative estimate of drug-likeness (QED) is 0.586. The van der Waals surface area contributed by atoms with Crippen molar-refractivity contribution in [2.24, 2.45) is 0 Å². The third kappa shape index (κ3) is 3.30.